The Kier molecular flexibility index (Phi) is 7.80. The highest BCUT2D eigenvalue weighted by atomic mass is 19.4. The van der Waals surface area contributed by atoms with Crippen molar-refractivity contribution in [3.63, 3.8) is 0 Å². The minimum Gasteiger partial charge on any atom is -0.346 e. The van der Waals surface area contributed by atoms with Crippen LogP contribution >= 0.6 is 0 Å². The number of aromatic nitrogens is 7. The smallest absolute Gasteiger partial charge is 0.346 e. The number of alkyl halides is 3. The maximum absolute atomic E-state index is 13.5. The molecule has 0 aromatic carbocycles. The van der Waals surface area contributed by atoms with Crippen LogP contribution in [0.25, 0.3) is 22.3 Å². The van der Waals surface area contributed by atoms with Crippen molar-refractivity contribution in [3.8, 4) is 17.3 Å². The number of aromatic amines is 1. The molecule has 2 saturated heterocycles. The minimum absolute atomic E-state index is 0.156. The number of rotatable bonds is 8. The van der Waals surface area contributed by atoms with Gasteiger partial charge in [0.15, 0.2) is 0 Å². The number of nitrogens with zero attached hydrogens (tertiary/aromatic N) is 10. The Bertz CT molecular complexity index is 1690. The molecular formula is C29H32F3N11O. The molecule has 1 N–H and O–H groups in total. The van der Waals surface area contributed by atoms with Crippen molar-refractivity contribution in [1.29, 1.82) is 5.26 Å². The number of hydrogen-bond acceptors (Lipinski definition) is 9. The van der Waals surface area contributed by atoms with E-state index in [9.17, 15) is 23.2 Å². The molecule has 0 saturated carbocycles. The summed E-state index contributed by atoms with van der Waals surface area (Å²) in [6, 6.07) is 5.77. The summed E-state index contributed by atoms with van der Waals surface area (Å²) < 4.78 is 42.5. The molecule has 0 aliphatic carbocycles. The van der Waals surface area contributed by atoms with E-state index in [0.717, 1.165) is 22.3 Å². The average molecular weight is 608 g/mol. The largest absolute Gasteiger partial charge is 0.451 e. The number of amides is 1. The van der Waals surface area contributed by atoms with Gasteiger partial charge in [-0.25, -0.2) is 19.9 Å². The van der Waals surface area contributed by atoms with Crippen molar-refractivity contribution < 1.29 is 18.0 Å². The lowest BCUT2D eigenvalue weighted by Crippen LogP contribution is -2.66. The van der Waals surface area contributed by atoms with Crippen molar-refractivity contribution in [2.45, 2.75) is 50.5 Å². The molecule has 1 amide bonds. The lowest BCUT2D eigenvalue weighted by molar-refractivity contribution is -0.145. The number of nitriles is 1. The quantitative estimate of drug-likeness (QED) is 0.320. The molecule has 2 aliphatic heterocycles. The van der Waals surface area contributed by atoms with Crippen LogP contribution in [-0.4, -0.2) is 101 Å². The zero-order chi connectivity index (χ0) is 31.1. The second-order valence-electron chi connectivity index (χ2n) is 11.5. The van der Waals surface area contributed by atoms with Crippen molar-refractivity contribution >= 4 is 16.9 Å². The van der Waals surface area contributed by atoms with Gasteiger partial charge in [-0.3, -0.25) is 14.4 Å². The van der Waals surface area contributed by atoms with Gasteiger partial charge in [0.25, 0.3) is 5.91 Å². The van der Waals surface area contributed by atoms with Gasteiger partial charge in [0.05, 0.1) is 30.1 Å². The summed E-state index contributed by atoms with van der Waals surface area (Å²) in [5.74, 6) is -1.82. The van der Waals surface area contributed by atoms with Gasteiger partial charge in [-0.2, -0.15) is 23.5 Å². The van der Waals surface area contributed by atoms with Gasteiger partial charge < -0.3 is 14.8 Å². The molecule has 6 heterocycles. The van der Waals surface area contributed by atoms with Crippen LogP contribution in [0.4, 0.5) is 13.2 Å². The molecule has 0 bridgehead atoms. The fraction of sp³-hybridized carbons (Fsp3) is 0.483. The Morgan fingerprint density at radius 2 is 2.00 bits per heavy atom. The fourth-order valence-electron chi connectivity index (χ4n) is 6.06. The molecule has 0 radical (unpaired) electrons. The van der Waals surface area contributed by atoms with Gasteiger partial charge in [0.1, 0.15) is 23.2 Å². The van der Waals surface area contributed by atoms with Crippen molar-refractivity contribution in [3.05, 3.63) is 54.3 Å². The van der Waals surface area contributed by atoms with Crippen molar-refractivity contribution in [2.75, 3.05) is 39.8 Å². The number of hydrogen-bond donors (Lipinski definition) is 1. The molecule has 0 unspecified atom stereocenters. The Hall–Kier alpha value is -4.42. The first kappa shape index (κ1) is 29.6. The third kappa shape index (κ3) is 5.62. The molecule has 230 valence electrons. The second kappa shape index (κ2) is 11.6. The zero-order valence-corrected chi connectivity index (χ0v) is 24.4. The summed E-state index contributed by atoms with van der Waals surface area (Å²) in [4.78, 5) is 38.0. The molecule has 0 atom stereocenters. The maximum Gasteiger partial charge on any atom is 0.451 e. The molecule has 2 fully saturated rings. The van der Waals surface area contributed by atoms with E-state index in [1.54, 1.807) is 18.1 Å². The number of H-pyrrole nitrogens is 1. The average Bonchev–Trinajstić information content (AvgIpc) is 3.68. The summed E-state index contributed by atoms with van der Waals surface area (Å²) in [6.45, 7) is 4.72. The van der Waals surface area contributed by atoms with Gasteiger partial charge in [-0.15, -0.1) is 0 Å². The molecule has 44 heavy (non-hydrogen) atoms. The summed E-state index contributed by atoms with van der Waals surface area (Å²) in [5.41, 5.74) is 1.77. The van der Waals surface area contributed by atoms with Crippen LogP contribution < -0.4 is 0 Å². The summed E-state index contributed by atoms with van der Waals surface area (Å²) in [6.07, 6.45) is 3.84. The minimum atomic E-state index is -4.76. The first-order valence-corrected chi connectivity index (χ1v) is 14.5. The Morgan fingerprint density at radius 1 is 1.23 bits per heavy atom. The van der Waals surface area contributed by atoms with Crippen LogP contribution in [0.1, 0.15) is 48.2 Å². The second-order valence-corrected chi connectivity index (χ2v) is 11.5. The predicted molar refractivity (Wildman–Crippen MR) is 153 cm³/mol. The Balaban J connectivity index is 1.11. The van der Waals surface area contributed by atoms with Gasteiger partial charge >= 0.3 is 6.18 Å². The van der Waals surface area contributed by atoms with Crippen LogP contribution in [0.2, 0.25) is 0 Å². The summed E-state index contributed by atoms with van der Waals surface area (Å²) in [7, 11) is 1.77. The number of nitrogens with one attached hydrogen (secondary N) is 1. The highest BCUT2D eigenvalue weighted by Gasteiger charge is 2.48. The SMILES string of the molecule is CCN(C)Cc1cc(C(=O)N2CCC(N3CC(CC#N)(n4cc(-c5ncnc6[nH]ccc56)cn4)C3)CC2)nc(C(F)(F)F)n1. The molecule has 2 aliphatic rings. The number of halogens is 3. The normalized spacial score (nSPS) is 17.6. The summed E-state index contributed by atoms with van der Waals surface area (Å²) in [5, 5.41) is 15.2. The lowest BCUT2D eigenvalue weighted by atomic mass is 9.83. The van der Waals surface area contributed by atoms with E-state index in [-0.39, 0.29) is 30.4 Å². The number of carbonyl (C=O) groups excluding carboxylic acids is 1. The highest BCUT2D eigenvalue weighted by Crippen LogP contribution is 2.37. The fourth-order valence-corrected chi connectivity index (χ4v) is 6.06. The van der Waals surface area contributed by atoms with Crippen molar-refractivity contribution in [1.82, 2.24) is 49.4 Å². The molecule has 15 heteroatoms. The first-order valence-electron chi connectivity index (χ1n) is 14.5. The van der Waals surface area contributed by atoms with E-state index < -0.39 is 23.4 Å². The van der Waals surface area contributed by atoms with E-state index >= 15 is 0 Å². The standard InChI is InChI=1S/C29H32F3N11O/c1-3-40(2)15-20-12-23(39-27(38-20)29(30,31)32)26(44)41-10-5-21(6-11-41)42-16-28(17-42,7-8-33)43-14-19(13-37-43)24-22-4-9-34-25(22)36-18-35-24/h4,9,12-14,18,21H,3,5-7,10-11,15-17H2,1-2H3,(H,34,35,36). The van der Waals surface area contributed by atoms with Gasteiger partial charge in [0.2, 0.25) is 5.82 Å². The molecule has 4 aromatic heterocycles. The third-order valence-corrected chi connectivity index (χ3v) is 8.59. The lowest BCUT2D eigenvalue weighted by Gasteiger charge is -2.53. The van der Waals surface area contributed by atoms with Gasteiger partial charge in [-0.05, 0) is 38.6 Å². The molecule has 0 spiro atoms. The number of fused-ring (bicyclic) bond motifs is 1. The van der Waals surface area contributed by atoms with Crippen LogP contribution in [0, 0.1) is 11.3 Å². The van der Waals surface area contributed by atoms with Crippen LogP contribution in [0.15, 0.2) is 37.1 Å². The third-order valence-electron chi connectivity index (χ3n) is 8.59. The monoisotopic (exact) mass is 607 g/mol. The zero-order valence-electron chi connectivity index (χ0n) is 24.4. The number of piperidine rings is 1. The molecular weight excluding hydrogens is 575 g/mol. The van der Waals surface area contributed by atoms with Gasteiger partial charge in [-0.1, -0.05) is 6.92 Å². The highest BCUT2D eigenvalue weighted by molar-refractivity contribution is 5.92. The summed E-state index contributed by atoms with van der Waals surface area (Å²) >= 11 is 0. The molecule has 12 nitrogen and oxygen atoms in total. The van der Waals surface area contributed by atoms with Crippen LogP contribution in [0.5, 0.6) is 0 Å². The van der Waals surface area contributed by atoms with E-state index in [0.29, 0.717) is 45.6 Å². The first-order chi connectivity index (χ1) is 21.1. The molecule has 4 aromatic rings. The van der Waals surface area contributed by atoms with Crippen molar-refractivity contribution in [2.24, 2.45) is 0 Å². The van der Waals surface area contributed by atoms with E-state index in [1.807, 2.05) is 35.0 Å². The predicted octanol–water partition coefficient (Wildman–Crippen LogP) is 3.31. The van der Waals surface area contributed by atoms with E-state index in [2.05, 4.69) is 41.0 Å². The molecule has 6 rings (SSSR count). The van der Waals surface area contributed by atoms with Crippen LogP contribution in [-0.2, 0) is 18.3 Å². The topological polar surface area (TPSA) is 136 Å². The Labute approximate surface area is 251 Å². The van der Waals surface area contributed by atoms with E-state index in [1.165, 1.54) is 12.4 Å². The van der Waals surface area contributed by atoms with E-state index in [4.69, 9.17) is 0 Å². The van der Waals surface area contributed by atoms with Crippen LogP contribution in [0.3, 0.4) is 0 Å². The number of likely N-dealkylation sites (tertiary alicyclic amines) is 2. The number of carbonyl (C=O) groups is 1. The van der Waals surface area contributed by atoms with Gasteiger partial charge in [0, 0.05) is 62.1 Å². The maximum atomic E-state index is 13.5. The Morgan fingerprint density at radius 3 is 2.70 bits per heavy atom.